The number of hydrogen-bond donors (Lipinski definition) is 4. The Morgan fingerprint density at radius 3 is 2.31 bits per heavy atom. The molecule has 8 heteroatoms. The summed E-state index contributed by atoms with van der Waals surface area (Å²) in [6.45, 7) is -1.45. The maximum Gasteiger partial charge on any atom is 0.387 e. The van der Waals surface area contributed by atoms with E-state index in [2.05, 4.69) is 4.74 Å². The van der Waals surface area contributed by atoms with E-state index in [-0.39, 0.29) is 5.75 Å². The number of aryl methyl sites for hydroxylation is 1. The van der Waals surface area contributed by atoms with Gasteiger partial charge in [-0.05, 0) is 47.7 Å². The van der Waals surface area contributed by atoms with Crippen LogP contribution in [0.25, 0.3) is 0 Å². The molecule has 0 radical (unpaired) electrons. The molecule has 0 amide bonds. The summed E-state index contributed by atoms with van der Waals surface area (Å²) in [6.07, 6.45) is -5.60. The lowest BCUT2D eigenvalue weighted by Crippen LogP contribution is -2.55. The van der Waals surface area contributed by atoms with Crippen molar-refractivity contribution in [1.82, 2.24) is 0 Å². The van der Waals surface area contributed by atoms with E-state index in [1.807, 2.05) is 19.1 Å². The Bertz CT molecular complexity index is 811. The van der Waals surface area contributed by atoms with Crippen molar-refractivity contribution >= 4 is 0 Å². The number of alkyl halides is 2. The van der Waals surface area contributed by atoms with Gasteiger partial charge in [0.25, 0.3) is 0 Å². The van der Waals surface area contributed by atoms with Gasteiger partial charge in [0.05, 0.1) is 6.61 Å². The van der Waals surface area contributed by atoms with Crippen molar-refractivity contribution in [3.8, 4) is 5.75 Å². The molecule has 4 N–H and O–H groups in total. The molecule has 0 spiro atoms. The molecule has 1 heterocycles. The van der Waals surface area contributed by atoms with Crippen LogP contribution in [-0.4, -0.2) is 58.1 Å². The van der Waals surface area contributed by atoms with Gasteiger partial charge >= 0.3 is 6.61 Å². The molecule has 0 aliphatic carbocycles. The van der Waals surface area contributed by atoms with Gasteiger partial charge in [0.1, 0.15) is 36.3 Å². The molecule has 29 heavy (non-hydrogen) atoms. The maximum absolute atomic E-state index is 12.3. The third kappa shape index (κ3) is 4.91. The van der Waals surface area contributed by atoms with Crippen LogP contribution in [-0.2, 0) is 11.2 Å². The first-order valence-corrected chi connectivity index (χ1v) is 9.24. The second-order valence-electron chi connectivity index (χ2n) is 7.13. The molecule has 1 aliphatic heterocycles. The normalized spacial score (nSPS) is 27.2. The number of benzene rings is 2. The highest BCUT2D eigenvalue weighted by Gasteiger charge is 2.43. The largest absolute Gasteiger partial charge is 0.435 e. The summed E-state index contributed by atoms with van der Waals surface area (Å²) < 4.78 is 34.5. The van der Waals surface area contributed by atoms with Gasteiger partial charge in [0.15, 0.2) is 0 Å². The minimum Gasteiger partial charge on any atom is -0.435 e. The van der Waals surface area contributed by atoms with Gasteiger partial charge in [0, 0.05) is 0 Å². The van der Waals surface area contributed by atoms with E-state index in [0.29, 0.717) is 12.0 Å². The summed E-state index contributed by atoms with van der Waals surface area (Å²) in [5, 5.41) is 39.7. The van der Waals surface area contributed by atoms with Gasteiger partial charge < -0.3 is 29.9 Å². The quantitative estimate of drug-likeness (QED) is 0.579. The first-order valence-electron chi connectivity index (χ1n) is 9.24. The Balaban J connectivity index is 1.81. The van der Waals surface area contributed by atoms with E-state index in [0.717, 1.165) is 16.7 Å². The molecule has 158 valence electrons. The average molecular weight is 410 g/mol. The monoisotopic (exact) mass is 410 g/mol. The fraction of sp³-hybridized carbons (Fsp3) is 0.429. The van der Waals surface area contributed by atoms with E-state index in [9.17, 15) is 29.2 Å². The van der Waals surface area contributed by atoms with Gasteiger partial charge in [0.2, 0.25) is 0 Å². The fourth-order valence-corrected chi connectivity index (χ4v) is 3.44. The van der Waals surface area contributed by atoms with Gasteiger partial charge in [-0.3, -0.25) is 0 Å². The number of hydrogen-bond acceptors (Lipinski definition) is 6. The van der Waals surface area contributed by atoms with Gasteiger partial charge in [-0.25, -0.2) is 0 Å². The highest BCUT2D eigenvalue weighted by atomic mass is 19.3. The van der Waals surface area contributed by atoms with Crippen LogP contribution in [0, 0.1) is 6.92 Å². The Labute approximate surface area is 167 Å². The molecule has 5 unspecified atom stereocenters. The molecule has 5 atom stereocenters. The molecule has 0 bridgehead atoms. The zero-order chi connectivity index (χ0) is 21.1. The molecular formula is C21H24F2O6. The first kappa shape index (κ1) is 21.6. The smallest absolute Gasteiger partial charge is 0.387 e. The van der Waals surface area contributed by atoms with Gasteiger partial charge in [-0.15, -0.1) is 0 Å². The number of ether oxygens (including phenoxy) is 2. The highest BCUT2D eigenvalue weighted by Crippen LogP contribution is 2.33. The van der Waals surface area contributed by atoms with E-state index in [4.69, 9.17) is 4.74 Å². The fourth-order valence-electron chi connectivity index (χ4n) is 3.44. The van der Waals surface area contributed by atoms with Crippen LogP contribution in [0.3, 0.4) is 0 Å². The average Bonchev–Trinajstić information content (AvgIpc) is 2.69. The van der Waals surface area contributed by atoms with Crippen LogP contribution in [0.1, 0.15) is 28.4 Å². The molecule has 3 rings (SSSR count). The summed E-state index contributed by atoms with van der Waals surface area (Å²) in [7, 11) is 0. The van der Waals surface area contributed by atoms with E-state index >= 15 is 0 Å². The first-order chi connectivity index (χ1) is 13.8. The predicted octanol–water partition coefficient (Wildman–Crippen LogP) is 1.70. The second-order valence-corrected chi connectivity index (χ2v) is 7.13. The van der Waals surface area contributed by atoms with Crippen molar-refractivity contribution in [3.63, 3.8) is 0 Å². The maximum atomic E-state index is 12.3. The molecule has 2 aromatic rings. The zero-order valence-corrected chi connectivity index (χ0v) is 15.8. The van der Waals surface area contributed by atoms with Crippen molar-refractivity contribution < 1.29 is 38.7 Å². The molecule has 1 saturated heterocycles. The predicted molar refractivity (Wildman–Crippen MR) is 99.8 cm³/mol. The van der Waals surface area contributed by atoms with Crippen molar-refractivity contribution in [2.45, 2.75) is 50.5 Å². The van der Waals surface area contributed by atoms with Crippen LogP contribution in [0.15, 0.2) is 42.5 Å². The number of aliphatic hydroxyl groups excluding tert-OH is 4. The molecule has 2 aromatic carbocycles. The van der Waals surface area contributed by atoms with Gasteiger partial charge in [-0.2, -0.15) is 8.78 Å². The molecular weight excluding hydrogens is 386 g/mol. The third-order valence-electron chi connectivity index (χ3n) is 5.14. The number of rotatable bonds is 6. The molecule has 0 saturated carbocycles. The lowest BCUT2D eigenvalue weighted by Gasteiger charge is -2.40. The lowest BCUT2D eigenvalue weighted by atomic mass is 9.89. The van der Waals surface area contributed by atoms with Crippen molar-refractivity contribution in [2.24, 2.45) is 0 Å². The second kappa shape index (κ2) is 9.15. The Hall–Kier alpha value is -2.10. The van der Waals surface area contributed by atoms with Crippen molar-refractivity contribution in [2.75, 3.05) is 6.61 Å². The SMILES string of the molecule is Cc1ccc(C2OC(CO)C(O)C(O)C2O)cc1Cc1ccc(OC(F)F)cc1. The molecule has 1 fully saturated rings. The standard InChI is InChI=1S/C21H24F2O6/c1-11-2-5-13(20-19(27)18(26)17(25)16(10-24)29-20)9-14(11)8-12-3-6-15(7-4-12)28-21(22)23/h2-7,9,16-21,24-27H,8,10H2,1H3. The van der Waals surface area contributed by atoms with Crippen LogP contribution in [0.5, 0.6) is 5.75 Å². The number of aliphatic hydroxyl groups is 4. The number of halogens is 2. The van der Waals surface area contributed by atoms with Gasteiger partial charge in [-0.1, -0.05) is 30.3 Å². The topological polar surface area (TPSA) is 99.4 Å². The summed E-state index contributed by atoms with van der Waals surface area (Å²) in [5.41, 5.74) is 3.37. The summed E-state index contributed by atoms with van der Waals surface area (Å²) in [6, 6.07) is 11.8. The van der Waals surface area contributed by atoms with Crippen LogP contribution in [0.2, 0.25) is 0 Å². The van der Waals surface area contributed by atoms with E-state index in [1.54, 1.807) is 18.2 Å². The minimum atomic E-state index is -2.88. The Morgan fingerprint density at radius 1 is 1.00 bits per heavy atom. The lowest BCUT2D eigenvalue weighted by molar-refractivity contribution is -0.231. The molecule has 1 aliphatic rings. The van der Waals surface area contributed by atoms with Crippen molar-refractivity contribution in [1.29, 1.82) is 0 Å². The third-order valence-corrected chi connectivity index (χ3v) is 5.14. The van der Waals surface area contributed by atoms with E-state index in [1.165, 1.54) is 12.1 Å². The Morgan fingerprint density at radius 2 is 1.69 bits per heavy atom. The van der Waals surface area contributed by atoms with E-state index < -0.39 is 43.7 Å². The van der Waals surface area contributed by atoms with Crippen LogP contribution < -0.4 is 4.74 Å². The van der Waals surface area contributed by atoms with Crippen LogP contribution in [0.4, 0.5) is 8.78 Å². The summed E-state index contributed by atoms with van der Waals surface area (Å²) >= 11 is 0. The zero-order valence-electron chi connectivity index (χ0n) is 15.8. The molecule has 6 nitrogen and oxygen atoms in total. The Kier molecular flexibility index (Phi) is 6.81. The van der Waals surface area contributed by atoms with Crippen molar-refractivity contribution in [3.05, 3.63) is 64.7 Å². The minimum absolute atomic E-state index is 0.0792. The molecule has 0 aromatic heterocycles. The summed E-state index contributed by atoms with van der Waals surface area (Å²) in [5.74, 6) is 0.0792. The summed E-state index contributed by atoms with van der Waals surface area (Å²) in [4.78, 5) is 0. The van der Waals surface area contributed by atoms with Crippen LogP contribution >= 0.6 is 0 Å². The highest BCUT2D eigenvalue weighted by molar-refractivity contribution is 5.38.